The lowest BCUT2D eigenvalue weighted by molar-refractivity contribution is -0.385. The molecule has 110 valence electrons. The van der Waals surface area contributed by atoms with Crippen LogP contribution in [0.4, 0.5) is 5.69 Å². The van der Waals surface area contributed by atoms with Crippen molar-refractivity contribution in [1.82, 2.24) is 10.6 Å². The molecule has 1 atom stereocenters. The number of hydrogen-bond acceptors (Lipinski definition) is 3. The molecule has 0 spiro atoms. The summed E-state index contributed by atoms with van der Waals surface area (Å²) >= 11 is 0. The van der Waals surface area contributed by atoms with Gasteiger partial charge in [-0.2, -0.15) is 0 Å². The maximum atomic E-state index is 10.9. The van der Waals surface area contributed by atoms with Gasteiger partial charge in [-0.1, -0.05) is 25.1 Å². The number of nitrogens with zero attached hydrogens (tertiary/aromatic N) is 2. The van der Waals surface area contributed by atoms with E-state index in [1.807, 2.05) is 6.92 Å². The Kier molecular flexibility index (Phi) is 6.49. The minimum Gasteiger partial charge on any atom is -0.357 e. The fourth-order valence-corrected chi connectivity index (χ4v) is 1.64. The van der Waals surface area contributed by atoms with Crippen LogP contribution >= 0.6 is 0 Å². The van der Waals surface area contributed by atoms with E-state index in [2.05, 4.69) is 29.5 Å². The first-order valence-corrected chi connectivity index (χ1v) is 6.85. The number of benzene rings is 1. The molecule has 0 radical (unpaired) electrons. The summed E-state index contributed by atoms with van der Waals surface area (Å²) in [7, 11) is 0. The normalized spacial score (nSPS) is 12.8. The lowest BCUT2D eigenvalue weighted by Crippen LogP contribution is -2.41. The predicted molar refractivity (Wildman–Crippen MR) is 80.8 cm³/mol. The zero-order valence-electron chi connectivity index (χ0n) is 12.2. The first-order valence-electron chi connectivity index (χ1n) is 6.85. The number of nitrogens with one attached hydrogen (secondary N) is 2. The molecular formula is C14H22N4O2. The number of nitro benzene ring substituents is 1. The molecule has 20 heavy (non-hydrogen) atoms. The summed E-state index contributed by atoms with van der Waals surface area (Å²) in [5, 5.41) is 17.3. The van der Waals surface area contributed by atoms with Gasteiger partial charge in [-0.3, -0.25) is 10.1 Å². The van der Waals surface area contributed by atoms with Gasteiger partial charge in [0, 0.05) is 18.7 Å². The average molecular weight is 278 g/mol. The third kappa shape index (κ3) is 4.87. The Morgan fingerprint density at radius 2 is 2.10 bits per heavy atom. The number of rotatable bonds is 6. The van der Waals surface area contributed by atoms with Crippen LogP contribution in [0.25, 0.3) is 0 Å². The fourth-order valence-electron chi connectivity index (χ4n) is 1.64. The molecule has 0 saturated carbocycles. The van der Waals surface area contributed by atoms with E-state index in [1.165, 1.54) is 6.07 Å². The topological polar surface area (TPSA) is 79.6 Å². The molecule has 0 amide bonds. The summed E-state index contributed by atoms with van der Waals surface area (Å²) in [5.74, 6) is 0.681. The molecule has 6 heteroatoms. The second kappa shape index (κ2) is 8.14. The molecule has 0 bridgehead atoms. The van der Waals surface area contributed by atoms with Gasteiger partial charge in [0.2, 0.25) is 0 Å². The van der Waals surface area contributed by atoms with Crippen LogP contribution in [-0.2, 0) is 6.54 Å². The van der Waals surface area contributed by atoms with E-state index >= 15 is 0 Å². The highest BCUT2D eigenvalue weighted by atomic mass is 16.6. The van der Waals surface area contributed by atoms with Gasteiger partial charge in [0.15, 0.2) is 5.96 Å². The van der Waals surface area contributed by atoms with E-state index in [1.54, 1.807) is 18.2 Å². The molecule has 1 aromatic rings. The van der Waals surface area contributed by atoms with Gasteiger partial charge in [0.05, 0.1) is 17.0 Å². The van der Waals surface area contributed by atoms with Crippen molar-refractivity contribution in [2.24, 2.45) is 4.99 Å². The lowest BCUT2D eigenvalue weighted by Gasteiger charge is -2.16. The summed E-state index contributed by atoms with van der Waals surface area (Å²) in [6.45, 7) is 7.17. The van der Waals surface area contributed by atoms with Gasteiger partial charge >= 0.3 is 0 Å². The van der Waals surface area contributed by atoms with Crippen LogP contribution in [0.3, 0.4) is 0 Å². The largest absolute Gasteiger partial charge is 0.357 e. The van der Waals surface area contributed by atoms with Crippen LogP contribution in [-0.4, -0.2) is 23.5 Å². The van der Waals surface area contributed by atoms with E-state index in [9.17, 15) is 10.1 Å². The Bertz CT molecular complexity index is 474. The Morgan fingerprint density at radius 1 is 1.40 bits per heavy atom. The van der Waals surface area contributed by atoms with Crippen LogP contribution in [0.1, 0.15) is 32.8 Å². The molecule has 1 rings (SSSR count). The third-order valence-corrected chi connectivity index (χ3v) is 2.94. The molecule has 2 N–H and O–H groups in total. The van der Waals surface area contributed by atoms with Crippen LogP contribution in [0.2, 0.25) is 0 Å². The summed E-state index contributed by atoms with van der Waals surface area (Å²) in [4.78, 5) is 15.0. The minimum absolute atomic E-state index is 0.107. The highest BCUT2D eigenvalue weighted by molar-refractivity contribution is 5.80. The van der Waals surface area contributed by atoms with E-state index in [-0.39, 0.29) is 17.2 Å². The van der Waals surface area contributed by atoms with Crippen molar-refractivity contribution in [2.45, 2.75) is 39.8 Å². The van der Waals surface area contributed by atoms with Gasteiger partial charge in [0.25, 0.3) is 5.69 Å². The summed E-state index contributed by atoms with van der Waals surface area (Å²) in [5.41, 5.74) is 0.717. The summed E-state index contributed by atoms with van der Waals surface area (Å²) in [6, 6.07) is 6.98. The fraction of sp³-hybridized carbons (Fsp3) is 0.500. The number of aliphatic imine (C=N–C) groups is 1. The van der Waals surface area contributed by atoms with Crippen molar-refractivity contribution >= 4 is 11.6 Å². The molecule has 0 aliphatic heterocycles. The Balaban J connectivity index is 2.84. The maximum absolute atomic E-state index is 10.9. The van der Waals surface area contributed by atoms with Gasteiger partial charge in [-0.05, 0) is 20.3 Å². The van der Waals surface area contributed by atoms with Gasteiger partial charge < -0.3 is 10.6 Å². The second-order valence-corrected chi connectivity index (χ2v) is 4.53. The Morgan fingerprint density at radius 3 is 2.70 bits per heavy atom. The van der Waals surface area contributed by atoms with Crippen molar-refractivity contribution in [2.75, 3.05) is 6.54 Å². The Labute approximate surface area is 119 Å². The zero-order chi connectivity index (χ0) is 15.0. The molecule has 0 aliphatic carbocycles. The van der Waals surface area contributed by atoms with Crippen LogP contribution in [0.15, 0.2) is 29.3 Å². The number of nitro groups is 1. The molecule has 6 nitrogen and oxygen atoms in total. The molecule has 1 unspecified atom stereocenters. The number of hydrogen-bond donors (Lipinski definition) is 2. The highest BCUT2D eigenvalue weighted by Crippen LogP contribution is 2.18. The van der Waals surface area contributed by atoms with E-state index in [4.69, 9.17) is 0 Å². The maximum Gasteiger partial charge on any atom is 0.274 e. The summed E-state index contributed by atoms with van der Waals surface area (Å²) in [6.07, 6.45) is 0.982. The number of para-hydroxylation sites is 1. The van der Waals surface area contributed by atoms with E-state index < -0.39 is 0 Å². The van der Waals surface area contributed by atoms with E-state index in [0.29, 0.717) is 17.6 Å². The molecule has 0 heterocycles. The molecular weight excluding hydrogens is 256 g/mol. The highest BCUT2D eigenvalue weighted by Gasteiger charge is 2.12. The molecule has 1 aromatic carbocycles. The van der Waals surface area contributed by atoms with Crippen LogP contribution < -0.4 is 10.6 Å². The summed E-state index contributed by atoms with van der Waals surface area (Å²) < 4.78 is 0. The minimum atomic E-state index is -0.375. The van der Waals surface area contributed by atoms with Crippen molar-refractivity contribution in [3.8, 4) is 0 Å². The van der Waals surface area contributed by atoms with Gasteiger partial charge in [0.1, 0.15) is 0 Å². The van der Waals surface area contributed by atoms with Gasteiger partial charge in [-0.25, -0.2) is 4.99 Å². The SMILES string of the molecule is CCNC(=NCc1ccccc1[N+](=O)[O-])NC(C)CC. The second-order valence-electron chi connectivity index (χ2n) is 4.53. The quantitative estimate of drug-likeness (QED) is 0.362. The molecule has 0 fully saturated rings. The predicted octanol–water partition coefficient (Wildman–Crippen LogP) is 2.45. The van der Waals surface area contributed by atoms with Crippen molar-refractivity contribution in [1.29, 1.82) is 0 Å². The monoisotopic (exact) mass is 278 g/mol. The standard InChI is InChI=1S/C14H22N4O2/c1-4-11(3)17-14(15-5-2)16-10-12-8-6-7-9-13(12)18(19)20/h6-9,11H,4-5,10H2,1-3H3,(H2,15,16,17). The molecule has 0 aliphatic rings. The average Bonchev–Trinajstić information content (AvgIpc) is 2.45. The van der Waals surface area contributed by atoms with Gasteiger partial charge in [-0.15, -0.1) is 0 Å². The Hall–Kier alpha value is -2.11. The van der Waals surface area contributed by atoms with Crippen molar-refractivity contribution in [3.63, 3.8) is 0 Å². The van der Waals surface area contributed by atoms with E-state index in [0.717, 1.165) is 13.0 Å². The first kappa shape index (κ1) is 15.9. The molecule has 0 aromatic heterocycles. The van der Waals surface area contributed by atoms with Crippen molar-refractivity contribution < 1.29 is 4.92 Å². The smallest absolute Gasteiger partial charge is 0.274 e. The molecule has 0 saturated heterocycles. The van der Waals surface area contributed by atoms with Crippen molar-refractivity contribution in [3.05, 3.63) is 39.9 Å². The first-order chi connectivity index (χ1) is 9.58. The zero-order valence-corrected chi connectivity index (χ0v) is 12.2. The van der Waals surface area contributed by atoms with Crippen LogP contribution in [0, 0.1) is 10.1 Å². The number of guanidine groups is 1. The lowest BCUT2D eigenvalue weighted by atomic mass is 10.2. The third-order valence-electron chi connectivity index (χ3n) is 2.94. The van der Waals surface area contributed by atoms with Crippen LogP contribution in [0.5, 0.6) is 0 Å².